The Hall–Kier alpha value is -3.62. The van der Waals surface area contributed by atoms with E-state index >= 15 is 0 Å². The summed E-state index contributed by atoms with van der Waals surface area (Å²) in [6.07, 6.45) is 0.833. The fourth-order valence-corrected chi connectivity index (χ4v) is 3.29. The van der Waals surface area contributed by atoms with E-state index in [0.29, 0.717) is 17.1 Å². The van der Waals surface area contributed by atoms with Crippen molar-refractivity contribution in [3.8, 4) is 5.75 Å². The highest BCUT2D eigenvalue weighted by Crippen LogP contribution is 2.32. The van der Waals surface area contributed by atoms with E-state index in [9.17, 15) is 19.7 Å². The van der Waals surface area contributed by atoms with Crippen molar-refractivity contribution in [3.05, 3.63) is 58.1 Å². The van der Waals surface area contributed by atoms with Gasteiger partial charge in [0.1, 0.15) is 11.4 Å². The number of para-hydroxylation sites is 2. The summed E-state index contributed by atoms with van der Waals surface area (Å²) in [6, 6.07) is 11.1. The summed E-state index contributed by atoms with van der Waals surface area (Å²) in [5.41, 5.74) is 0.786. The van der Waals surface area contributed by atoms with Gasteiger partial charge in [0.05, 0.1) is 23.3 Å². The Labute approximate surface area is 173 Å². The third-order valence-electron chi connectivity index (χ3n) is 4.87. The van der Waals surface area contributed by atoms with Gasteiger partial charge >= 0.3 is 5.97 Å². The lowest BCUT2D eigenvalue weighted by Crippen LogP contribution is -2.30. The molecule has 1 amide bonds. The molecule has 2 aromatic rings. The molecule has 1 aliphatic rings. The predicted octanol–water partition coefficient (Wildman–Crippen LogP) is 3.39. The number of amides is 1. The van der Waals surface area contributed by atoms with E-state index in [1.54, 1.807) is 30.3 Å². The molecule has 1 fully saturated rings. The lowest BCUT2D eigenvalue weighted by molar-refractivity contribution is -0.384. The summed E-state index contributed by atoms with van der Waals surface area (Å²) in [5.74, 6) is -0.887. The van der Waals surface area contributed by atoms with Crippen LogP contribution in [0.4, 0.5) is 17.1 Å². The summed E-state index contributed by atoms with van der Waals surface area (Å²) in [6.45, 7) is 2.91. The second-order valence-corrected chi connectivity index (χ2v) is 6.89. The number of methoxy groups -OCH3 is 1. The Bertz CT molecular complexity index is 956. The number of nitro benzene ring substituents is 1. The number of anilines is 2. The summed E-state index contributed by atoms with van der Waals surface area (Å²) >= 11 is 0. The standard InChI is InChI=1S/C21H23N3O6/c1-14(20(25)22-16-7-3-4-8-19(16)29-2)30-21(26)15-9-10-17(18(13-15)24(27)28)23-11-5-6-12-23/h3-4,7-10,13-14H,5-6,11-12H2,1-2H3,(H,22,25)/t14-/m0/s1. The van der Waals surface area contributed by atoms with E-state index < -0.39 is 22.9 Å². The average molecular weight is 413 g/mol. The van der Waals surface area contributed by atoms with Gasteiger partial charge in [-0.2, -0.15) is 0 Å². The zero-order valence-corrected chi connectivity index (χ0v) is 16.8. The molecule has 1 atom stereocenters. The molecule has 9 heteroatoms. The highest BCUT2D eigenvalue weighted by Gasteiger charge is 2.26. The minimum atomic E-state index is -1.11. The van der Waals surface area contributed by atoms with Crippen LogP contribution in [0.5, 0.6) is 5.75 Å². The first-order valence-electron chi connectivity index (χ1n) is 9.59. The summed E-state index contributed by atoms with van der Waals surface area (Å²) in [7, 11) is 1.48. The van der Waals surface area contributed by atoms with Crippen LogP contribution in [0.2, 0.25) is 0 Å². The summed E-state index contributed by atoms with van der Waals surface area (Å²) in [5, 5.41) is 14.1. The van der Waals surface area contributed by atoms with E-state index in [1.807, 2.05) is 4.90 Å². The molecule has 1 aliphatic heterocycles. The molecular weight excluding hydrogens is 390 g/mol. The number of ether oxygens (including phenoxy) is 2. The highest BCUT2D eigenvalue weighted by molar-refractivity contribution is 5.98. The van der Waals surface area contributed by atoms with Crippen molar-refractivity contribution in [1.29, 1.82) is 0 Å². The topological polar surface area (TPSA) is 111 Å². The zero-order valence-electron chi connectivity index (χ0n) is 16.8. The van der Waals surface area contributed by atoms with E-state index in [4.69, 9.17) is 9.47 Å². The van der Waals surface area contributed by atoms with Gasteiger partial charge in [-0.25, -0.2) is 4.79 Å². The number of nitrogens with one attached hydrogen (secondary N) is 1. The number of carbonyl (C=O) groups is 2. The van der Waals surface area contributed by atoms with Crippen molar-refractivity contribution < 1.29 is 24.0 Å². The average Bonchev–Trinajstić information content (AvgIpc) is 3.28. The van der Waals surface area contributed by atoms with Gasteiger partial charge in [0, 0.05) is 19.2 Å². The third-order valence-corrected chi connectivity index (χ3v) is 4.87. The maximum Gasteiger partial charge on any atom is 0.339 e. The number of nitro groups is 1. The minimum absolute atomic E-state index is 0.0154. The van der Waals surface area contributed by atoms with Crippen LogP contribution in [0.3, 0.4) is 0 Å². The lowest BCUT2D eigenvalue weighted by atomic mass is 10.1. The fourth-order valence-electron chi connectivity index (χ4n) is 3.29. The van der Waals surface area contributed by atoms with Gasteiger partial charge in [-0.15, -0.1) is 0 Å². The quantitative estimate of drug-likeness (QED) is 0.421. The maximum absolute atomic E-state index is 12.5. The van der Waals surface area contributed by atoms with Crippen LogP contribution in [-0.2, 0) is 9.53 Å². The number of hydrogen-bond acceptors (Lipinski definition) is 7. The normalized spacial score (nSPS) is 14.1. The molecule has 158 valence electrons. The molecule has 0 spiro atoms. The first-order valence-corrected chi connectivity index (χ1v) is 9.59. The number of carbonyl (C=O) groups excluding carboxylic acids is 2. The fraction of sp³-hybridized carbons (Fsp3) is 0.333. The number of nitrogens with zero attached hydrogens (tertiary/aromatic N) is 2. The van der Waals surface area contributed by atoms with Crippen LogP contribution in [0.15, 0.2) is 42.5 Å². The Kier molecular flexibility index (Phi) is 6.51. The second kappa shape index (κ2) is 9.25. The van der Waals surface area contributed by atoms with Crippen molar-refractivity contribution in [3.63, 3.8) is 0 Å². The largest absolute Gasteiger partial charge is 0.495 e. The number of hydrogen-bond donors (Lipinski definition) is 1. The molecule has 1 N–H and O–H groups in total. The molecule has 0 bridgehead atoms. The van der Waals surface area contributed by atoms with E-state index in [-0.39, 0.29) is 11.3 Å². The van der Waals surface area contributed by atoms with Gasteiger partial charge < -0.3 is 19.7 Å². The van der Waals surface area contributed by atoms with Crippen LogP contribution < -0.4 is 15.0 Å². The third kappa shape index (κ3) is 4.68. The Morgan fingerprint density at radius 2 is 1.87 bits per heavy atom. The van der Waals surface area contributed by atoms with E-state index in [2.05, 4.69) is 5.32 Å². The zero-order chi connectivity index (χ0) is 21.7. The van der Waals surface area contributed by atoms with Crippen molar-refractivity contribution >= 4 is 28.9 Å². The lowest BCUT2D eigenvalue weighted by Gasteiger charge is -2.18. The smallest absolute Gasteiger partial charge is 0.339 e. The van der Waals surface area contributed by atoms with Gasteiger partial charge in [0.25, 0.3) is 11.6 Å². The molecule has 0 radical (unpaired) electrons. The minimum Gasteiger partial charge on any atom is -0.495 e. The van der Waals surface area contributed by atoms with Crippen LogP contribution in [0.1, 0.15) is 30.1 Å². The molecule has 30 heavy (non-hydrogen) atoms. The Morgan fingerprint density at radius 1 is 1.17 bits per heavy atom. The molecule has 0 aliphatic carbocycles. The molecule has 0 aromatic heterocycles. The molecule has 3 rings (SSSR count). The van der Waals surface area contributed by atoms with Crippen LogP contribution in [0.25, 0.3) is 0 Å². The van der Waals surface area contributed by atoms with Gasteiger partial charge in [-0.05, 0) is 44.0 Å². The Balaban J connectivity index is 1.70. The molecule has 0 saturated carbocycles. The van der Waals surface area contributed by atoms with Crippen LogP contribution >= 0.6 is 0 Å². The summed E-state index contributed by atoms with van der Waals surface area (Å²) in [4.78, 5) is 37.8. The summed E-state index contributed by atoms with van der Waals surface area (Å²) < 4.78 is 10.4. The van der Waals surface area contributed by atoms with Crippen LogP contribution in [-0.4, -0.2) is 43.1 Å². The van der Waals surface area contributed by atoms with Gasteiger partial charge in [-0.1, -0.05) is 12.1 Å². The Morgan fingerprint density at radius 3 is 2.53 bits per heavy atom. The predicted molar refractivity (Wildman–Crippen MR) is 111 cm³/mol. The SMILES string of the molecule is COc1ccccc1NC(=O)[C@H](C)OC(=O)c1ccc(N2CCCC2)c([N+](=O)[O-])c1. The van der Waals surface area contributed by atoms with Crippen molar-refractivity contribution in [1.82, 2.24) is 0 Å². The molecule has 1 saturated heterocycles. The van der Waals surface area contributed by atoms with Crippen molar-refractivity contribution in [2.45, 2.75) is 25.9 Å². The van der Waals surface area contributed by atoms with Gasteiger partial charge in [0.2, 0.25) is 0 Å². The van der Waals surface area contributed by atoms with Crippen LogP contribution in [0, 0.1) is 10.1 Å². The number of rotatable bonds is 7. The van der Waals surface area contributed by atoms with Crippen molar-refractivity contribution in [2.24, 2.45) is 0 Å². The highest BCUT2D eigenvalue weighted by atomic mass is 16.6. The van der Waals surface area contributed by atoms with Crippen molar-refractivity contribution in [2.75, 3.05) is 30.4 Å². The molecule has 0 unspecified atom stereocenters. The second-order valence-electron chi connectivity index (χ2n) is 6.89. The molecule has 9 nitrogen and oxygen atoms in total. The molecule has 1 heterocycles. The van der Waals surface area contributed by atoms with Gasteiger partial charge in [-0.3, -0.25) is 14.9 Å². The molecular formula is C21H23N3O6. The first-order chi connectivity index (χ1) is 14.4. The molecule has 2 aromatic carbocycles. The van der Waals surface area contributed by atoms with E-state index in [0.717, 1.165) is 25.9 Å². The van der Waals surface area contributed by atoms with Gasteiger partial charge in [0.15, 0.2) is 6.10 Å². The maximum atomic E-state index is 12.5. The monoisotopic (exact) mass is 413 g/mol. The number of benzene rings is 2. The first kappa shape index (κ1) is 21.1. The van der Waals surface area contributed by atoms with E-state index in [1.165, 1.54) is 26.2 Å². The number of esters is 1.